The van der Waals surface area contributed by atoms with E-state index in [0.717, 1.165) is 24.1 Å². The minimum atomic E-state index is 0. The van der Waals surface area contributed by atoms with Crippen LogP contribution in [0.1, 0.15) is 11.1 Å². The number of hydrogen-bond acceptors (Lipinski definition) is 3. The Bertz CT molecular complexity index is 640. The average Bonchev–Trinajstić information content (AvgIpc) is 2.87. The molecule has 0 aliphatic rings. The summed E-state index contributed by atoms with van der Waals surface area (Å²) in [7, 11) is 0. The molecular formula is C14H16Cl2N4. The van der Waals surface area contributed by atoms with Gasteiger partial charge >= 0.3 is 0 Å². The van der Waals surface area contributed by atoms with E-state index >= 15 is 0 Å². The van der Waals surface area contributed by atoms with Crippen molar-refractivity contribution in [2.75, 3.05) is 0 Å². The van der Waals surface area contributed by atoms with Crippen molar-refractivity contribution in [2.24, 2.45) is 0 Å². The summed E-state index contributed by atoms with van der Waals surface area (Å²) in [6, 6.07) is 16.5. The van der Waals surface area contributed by atoms with Gasteiger partial charge in [0.25, 0.3) is 0 Å². The number of aromatic nitrogens is 3. The van der Waals surface area contributed by atoms with Crippen LogP contribution in [0, 0.1) is 0 Å². The molecule has 3 aromatic rings. The summed E-state index contributed by atoms with van der Waals surface area (Å²) in [5.74, 6) is 0. The molecule has 20 heavy (non-hydrogen) atoms. The lowest BCUT2D eigenvalue weighted by Crippen LogP contribution is -2.12. The molecule has 0 aliphatic carbocycles. The Balaban J connectivity index is 0.000001000. The predicted molar refractivity (Wildman–Crippen MR) is 85.4 cm³/mol. The maximum absolute atomic E-state index is 4.08. The van der Waals surface area contributed by atoms with Crippen molar-refractivity contribution in [2.45, 2.75) is 13.1 Å². The van der Waals surface area contributed by atoms with Crippen LogP contribution >= 0.6 is 24.8 Å². The van der Waals surface area contributed by atoms with Gasteiger partial charge in [-0.25, -0.2) is 0 Å². The van der Waals surface area contributed by atoms with Gasteiger partial charge in [-0.15, -0.1) is 24.8 Å². The van der Waals surface area contributed by atoms with Crippen LogP contribution in [0.4, 0.5) is 0 Å². The minimum Gasteiger partial charge on any atom is -0.309 e. The molecular weight excluding hydrogens is 295 g/mol. The number of fused-ring (bicyclic) bond motifs is 1. The first-order valence-electron chi connectivity index (χ1n) is 5.96. The summed E-state index contributed by atoms with van der Waals surface area (Å²) in [4.78, 5) is 0. The molecule has 0 unspecified atom stereocenters. The van der Waals surface area contributed by atoms with E-state index in [-0.39, 0.29) is 24.8 Å². The molecule has 1 aromatic heterocycles. The Morgan fingerprint density at radius 1 is 0.800 bits per heavy atom. The van der Waals surface area contributed by atoms with E-state index < -0.39 is 0 Å². The molecule has 0 fully saturated rings. The van der Waals surface area contributed by atoms with Gasteiger partial charge in [-0.1, -0.05) is 36.4 Å². The van der Waals surface area contributed by atoms with Crippen molar-refractivity contribution >= 4 is 35.8 Å². The maximum atomic E-state index is 4.08. The fourth-order valence-electron chi connectivity index (χ4n) is 1.94. The van der Waals surface area contributed by atoms with Gasteiger partial charge in [0.1, 0.15) is 11.0 Å². The fourth-order valence-corrected chi connectivity index (χ4v) is 1.94. The third kappa shape index (κ3) is 3.93. The molecule has 0 saturated heterocycles. The van der Waals surface area contributed by atoms with Gasteiger partial charge in [-0.2, -0.15) is 15.4 Å². The summed E-state index contributed by atoms with van der Waals surface area (Å²) in [6.45, 7) is 1.70. The number of halogens is 2. The average molecular weight is 311 g/mol. The zero-order valence-electron chi connectivity index (χ0n) is 10.7. The van der Waals surface area contributed by atoms with Crippen LogP contribution in [-0.2, 0) is 13.1 Å². The van der Waals surface area contributed by atoms with Crippen LogP contribution in [-0.4, -0.2) is 15.4 Å². The highest BCUT2D eigenvalue weighted by atomic mass is 35.5. The summed E-state index contributed by atoms with van der Waals surface area (Å²) < 4.78 is 0. The van der Waals surface area contributed by atoms with E-state index in [0.29, 0.717) is 0 Å². The van der Waals surface area contributed by atoms with Crippen molar-refractivity contribution < 1.29 is 0 Å². The van der Waals surface area contributed by atoms with Gasteiger partial charge < -0.3 is 5.32 Å². The van der Waals surface area contributed by atoms with Gasteiger partial charge in [-0.05, 0) is 23.3 Å². The van der Waals surface area contributed by atoms with Crippen molar-refractivity contribution in [1.29, 1.82) is 0 Å². The zero-order valence-corrected chi connectivity index (χ0v) is 12.4. The number of nitrogens with zero attached hydrogens (tertiary/aromatic N) is 2. The minimum absolute atomic E-state index is 0. The Morgan fingerprint density at radius 3 is 2.30 bits per heavy atom. The normalized spacial score (nSPS) is 9.80. The summed E-state index contributed by atoms with van der Waals surface area (Å²) in [6.07, 6.45) is 0. The highest BCUT2D eigenvalue weighted by Gasteiger charge is 1.99. The number of nitrogens with one attached hydrogen (secondary N) is 2. The summed E-state index contributed by atoms with van der Waals surface area (Å²) >= 11 is 0. The Hall–Kier alpha value is -1.62. The monoisotopic (exact) mass is 310 g/mol. The van der Waals surface area contributed by atoms with Crippen LogP contribution in [0.2, 0.25) is 0 Å². The van der Waals surface area contributed by atoms with Crippen molar-refractivity contribution in [3.05, 3.63) is 59.7 Å². The van der Waals surface area contributed by atoms with Gasteiger partial charge in [0.05, 0.1) is 0 Å². The van der Waals surface area contributed by atoms with Crippen molar-refractivity contribution in [3.63, 3.8) is 0 Å². The molecule has 0 bridgehead atoms. The second kappa shape index (κ2) is 7.85. The third-order valence-electron chi connectivity index (χ3n) is 2.88. The Kier molecular flexibility index (Phi) is 6.45. The Labute approximate surface area is 129 Å². The maximum Gasteiger partial charge on any atom is 0.113 e. The van der Waals surface area contributed by atoms with Gasteiger partial charge in [0.2, 0.25) is 0 Å². The highest BCUT2D eigenvalue weighted by Crippen LogP contribution is 2.10. The molecule has 0 spiro atoms. The van der Waals surface area contributed by atoms with E-state index in [9.17, 15) is 0 Å². The van der Waals surface area contributed by atoms with Crippen LogP contribution in [0.5, 0.6) is 0 Å². The molecule has 2 aromatic carbocycles. The van der Waals surface area contributed by atoms with Gasteiger partial charge in [0.15, 0.2) is 0 Å². The van der Waals surface area contributed by atoms with Crippen molar-refractivity contribution in [3.8, 4) is 0 Å². The topological polar surface area (TPSA) is 53.6 Å². The van der Waals surface area contributed by atoms with Gasteiger partial charge in [-0.3, -0.25) is 0 Å². The highest BCUT2D eigenvalue weighted by molar-refractivity contribution is 5.85. The number of H-pyrrole nitrogens is 1. The fraction of sp³-hybridized carbons (Fsp3) is 0.143. The number of rotatable bonds is 4. The summed E-state index contributed by atoms with van der Waals surface area (Å²) in [5, 5.41) is 14.2. The SMILES string of the molecule is Cl.Cl.c1ccc(CNCc2ccc3n[nH]nc3c2)cc1. The zero-order chi connectivity index (χ0) is 12.2. The lowest BCUT2D eigenvalue weighted by Gasteiger charge is -2.04. The van der Waals surface area contributed by atoms with Crippen LogP contribution in [0.15, 0.2) is 48.5 Å². The molecule has 3 rings (SSSR count). The van der Waals surface area contributed by atoms with Crippen LogP contribution in [0.25, 0.3) is 11.0 Å². The first-order valence-corrected chi connectivity index (χ1v) is 5.96. The molecule has 0 saturated carbocycles. The van der Waals surface area contributed by atoms with E-state index in [1.807, 2.05) is 12.1 Å². The van der Waals surface area contributed by atoms with E-state index in [4.69, 9.17) is 0 Å². The van der Waals surface area contributed by atoms with E-state index in [1.165, 1.54) is 11.1 Å². The van der Waals surface area contributed by atoms with Crippen LogP contribution in [0.3, 0.4) is 0 Å². The molecule has 0 atom stereocenters. The second-order valence-electron chi connectivity index (χ2n) is 4.24. The lowest BCUT2D eigenvalue weighted by molar-refractivity contribution is 0.694. The first-order chi connectivity index (χ1) is 8.92. The molecule has 0 aliphatic heterocycles. The molecule has 1 heterocycles. The van der Waals surface area contributed by atoms with Gasteiger partial charge in [0, 0.05) is 13.1 Å². The number of hydrogen-bond donors (Lipinski definition) is 2. The standard InChI is InChI=1S/C14H14N4.2ClH/c1-2-4-11(5-3-1)9-15-10-12-6-7-13-14(8-12)17-18-16-13;;/h1-8,15H,9-10H2,(H,16,17,18);2*1H. The van der Waals surface area contributed by atoms with Crippen LogP contribution < -0.4 is 5.32 Å². The third-order valence-corrected chi connectivity index (χ3v) is 2.88. The Morgan fingerprint density at radius 2 is 1.50 bits per heavy atom. The predicted octanol–water partition coefficient (Wildman–Crippen LogP) is 3.09. The molecule has 2 N–H and O–H groups in total. The molecule has 6 heteroatoms. The molecule has 0 radical (unpaired) electrons. The number of aromatic amines is 1. The number of benzene rings is 2. The molecule has 0 amide bonds. The largest absolute Gasteiger partial charge is 0.309 e. The van der Waals surface area contributed by atoms with E-state index in [1.54, 1.807) is 0 Å². The second-order valence-corrected chi connectivity index (χ2v) is 4.24. The molecule has 106 valence electrons. The first kappa shape index (κ1) is 16.4. The van der Waals surface area contributed by atoms with E-state index in [2.05, 4.69) is 57.1 Å². The quantitative estimate of drug-likeness (QED) is 0.778. The lowest BCUT2D eigenvalue weighted by atomic mass is 10.2. The summed E-state index contributed by atoms with van der Waals surface area (Å²) in [5.41, 5.74) is 4.32. The molecule has 4 nitrogen and oxygen atoms in total. The van der Waals surface area contributed by atoms with Crippen molar-refractivity contribution in [1.82, 2.24) is 20.7 Å². The smallest absolute Gasteiger partial charge is 0.113 e.